The number of hydrogen-bond donors (Lipinski definition) is 0. The van der Waals surface area contributed by atoms with Crippen LogP contribution < -0.4 is 4.90 Å². The third-order valence-electron chi connectivity index (χ3n) is 4.25. The van der Waals surface area contributed by atoms with Crippen molar-refractivity contribution in [2.75, 3.05) is 18.0 Å². The molecular formula is C18H18N4. The molecule has 4 nitrogen and oxygen atoms in total. The largest absolute Gasteiger partial charge is 0.357 e. The number of fused-ring (bicyclic) bond motifs is 1. The van der Waals surface area contributed by atoms with Crippen molar-refractivity contribution in [3.05, 3.63) is 49.1 Å². The Hall–Kier alpha value is -2.49. The monoisotopic (exact) mass is 290 g/mol. The highest BCUT2D eigenvalue weighted by molar-refractivity contribution is 5.85. The van der Waals surface area contributed by atoms with Crippen LogP contribution in [0.4, 0.5) is 5.82 Å². The van der Waals surface area contributed by atoms with E-state index in [1.165, 1.54) is 19.3 Å². The molecule has 1 aliphatic heterocycles. The van der Waals surface area contributed by atoms with Crippen LogP contribution in [0.15, 0.2) is 49.1 Å². The molecule has 22 heavy (non-hydrogen) atoms. The fraction of sp³-hybridized carbons (Fsp3) is 0.278. The Bertz CT molecular complexity index is 779. The highest BCUT2D eigenvalue weighted by Crippen LogP contribution is 2.25. The smallest absolute Gasteiger partial charge is 0.129 e. The van der Waals surface area contributed by atoms with Gasteiger partial charge in [-0.25, -0.2) is 15.0 Å². The molecule has 0 N–H and O–H groups in total. The Morgan fingerprint density at radius 3 is 2.45 bits per heavy atom. The minimum atomic E-state index is 1.03. The van der Waals surface area contributed by atoms with Gasteiger partial charge in [-0.1, -0.05) is 6.07 Å². The van der Waals surface area contributed by atoms with Gasteiger partial charge in [-0.05, 0) is 49.1 Å². The number of pyridine rings is 1. The van der Waals surface area contributed by atoms with Crippen molar-refractivity contribution in [2.24, 2.45) is 0 Å². The number of rotatable bonds is 2. The van der Waals surface area contributed by atoms with E-state index in [9.17, 15) is 0 Å². The topological polar surface area (TPSA) is 41.9 Å². The fourth-order valence-corrected chi connectivity index (χ4v) is 3.04. The lowest BCUT2D eigenvalue weighted by Crippen LogP contribution is -2.30. The first-order valence-corrected chi connectivity index (χ1v) is 7.81. The van der Waals surface area contributed by atoms with Gasteiger partial charge in [0, 0.05) is 36.4 Å². The van der Waals surface area contributed by atoms with E-state index in [-0.39, 0.29) is 0 Å². The Balaban J connectivity index is 1.70. The van der Waals surface area contributed by atoms with Crippen LogP contribution in [-0.2, 0) is 0 Å². The lowest BCUT2D eigenvalue weighted by molar-refractivity contribution is 0.574. The molecule has 0 amide bonds. The van der Waals surface area contributed by atoms with Gasteiger partial charge in [0.15, 0.2) is 0 Å². The van der Waals surface area contributed by atoms with Crippen molar-refractivity contribution in [3.8, 4) is 11.1 Å². The average Bonchev–Trinajstić information content (AvgIpc) is 2.62. The van der Waals surface area contributed by atoms with Crippen LogP contribution in [0.25, 0.3) is 22.0 Å². The molecule has 110 valence electrons. The molecule has 0 saturated carbocycles. The van der Waals surface area contributed by atoms with Crippen LogP contribution >= 0.6 is 0 Å². The number of piperidine rings is 1. The molecule has 0 spiro atoms. The zero-order valence-electron chi connectivity index (χ0n) is 12.4. The van der Waals surface area contributed by atoms with Crippen LogP contribution in [0.2, 0.25) is 0 Å². The third-order valence-corrected chi connectivity index (χ3v) is 4.25. The summed E-state index contributed by atoms with van der Waals surface area (Å²) < 4.78 is 0. The Morgan fingerprint density at radius 2 is 1.64 bits per heavy atom. The van der Waals surface area contributed by atoms with E-state index in [1.807, 2.05) is 12.4 Å². The maximum atomic E-state index is 4.83. The SMILES string of the molecule is c1ncc(-c2ccc3nc(N4CCCCC4)ccc3c2)cn1. The predicted octanol–water partition coefficient (Wildman–Crippen LogP) is 3.68. The molecule has 1 aromatic carbocycles. The summed E-state index contributed by atoms with van der Waals surface area (Å²) in [6.45, 7) is 2.25. The van der Waals surface area contributed by atoms with Gasteiger partial charge in [0.1, 0.15) is 12.1 Å². The molecule has 3 heterocycles. The fourth-order valence-electron chi connectivity index (χ4n) is 3.04. The van der Waals surface area contributed by atoms with Crippen molar-refractivity contribution < 1.29 is 0 Å². The van der Waals surface area contributed by atoms with E-state index in [1.54, 1.807) is 6.33 Å². The van der Waals surface area contributed by atoms with Gasteiger partial charge in [0.05, 0.1) is 5.52 Å². The first-order valence-electron chi connectivity index (χ1n) is 7.81. The van der Waals surface area contributed by atoms with Gasteiger partial charge < -0.3 is 4.90 Å². The third kappa shape index (κ3) is 2.52. The minimum Gasteiger partial charge on any atom is -0.357 e. The van der Waals surface area contributed by atoms with Gasteiger partial charge in [-0.15, -0.1) is 0 Å². The Morgan fingerprint density at radius 1 is 0.818 bits per heavy atom. The zero-order chi connectivity index (χ0) is 14.8. The standard InChI is InChI=1S/C18H18N4/c1-2-8-22(9-3-1)18-7-5-15-10-14(4-6-17(15)21-18)16-11-19-13-20-12-16/h4-7,10-13H,1-3,8-9H2. The molecule has 2 aromatic heterocycles. The second-order valence-electron chi connectivity index (χ2n) is 5.75. The van der Waals surface area contributed by atoms with Crippen molar-refractivity contribution in [1.82, 2.24) is 15.0 Å². The quantitative estimate of drug-likeness (QED) is 0.722. The lowest BCUT2D eigenvalue weighted by Gasteiger charge is -2.27. The lowest BCUT2D eigenvalue weighted by atomic mass is 10.1. The van der Waals surface area contributed by atoms with Gasteiger partial charge in [0.25, 0.3) is 0 Å². The second-order valence-corrected chi connectivity index (χ2v) is 5.75. The number of hydrogen-bond acceptors (Lipinski definition) is 4. The normalized spacial score (nSPS) is 15.2. The molecule has 1 aliphatic rings. The second kappa shape index (κ2) is 5.72. The number of benzene rings is 1. The van der Waals surface area contributed by atoms with E-state index in [0.29, 0.717) is 0 Å². The molecule has 1 saturated heterocycles. The Kier molecular flexibility index (Phi) is 3.43. The minimum absolute atomic E-state index is 1.03. The molecule has 3 aromatic rings. The van der Waals surface area contributed by atoms with Crippen molar-refractivity contribution in [1.29, 1.82) is 0 Å². The Labute approximate surface area is 129 Å². The summed E-state index contributed by atoms with van der Waals surface area (Å²) >= 11 is 0. The van der Waals surface area contributed by atoms with Crippen molar-refractivity contribution in [2.45, 2.75) is 19.3 Å². The van der Waals surface area contributed by atoms with E-state index < -0.39 is 0 Å². The molecule has 0 bridgehead atoms. The summed E-state index contributed by atoms with van der Waals surface area (Å²) in [4.78, 5) is 15.4. The van der Waals surface area contributed by atoms with Crippen LogP contribution in [0.5, 0.6) is 0 Å². The molecule has 0 aliphatic carbocycles. The highest BCUT2D eigenvalue weighted by atomic mass is 15.2. The number of anilines is 1. The van der Waals surface area contributed by atoms with E-state index in [0.717, 1.165) is 40.9 Å². The molecule has 1 fully saturated rings. The maximum Gasteiger partial charge on any atom is 0.129 e. The van der Waals surface area contributed by atoms with E-state index in [2.05, 4.69) is 45.2 Å². The van der Waals surface area contributed by atoms with Crippen molar-refractivity contribution in [3.63, 3.8) is 0 Å². The zero-order valence-corrected chi connectivity index (χ0v) is 12.4. The number of aromatic nitrogens is 3. The predicted molar refractivity (Wildman–Crippen MR) is 88.8 cm³/mol. The summed E-state index contributed by atoms with van der Waals surface area (Å²) in [5.41, 5.74) is 3.20. The summed E-state index contributed by atoms with van der Waals surface area (Å²) in [5, 5.41) is 1.15. The first kappa shape index (κ1) is 13.2. The molecule has 4 heteroatoms. The summed E-state index contributed by atoms with van der Waals surface area (Å²) in [6.07, 6.45) is 9.11. The van der Waals surface area contributed by atoms with Crippen molar-refractivity contribution >= 4 is 16.7 Å². The van der Waals surface area contributed by atoms with Gasteiger partial charge in [0.2, 0.25) is 0 Å². The molecular weight excluding hydrogens is 272 g/mol. The molecule has 4 rings (SSSR count). The van der Waals surface area contributed by atoms with Gasteiger partial charge >= 0.3 is 0 Å². The highest BCUT2D eigenvalue weighted by Gasteiger charge is 2.12. The first-order chi connectivity index (χ1) is 10.9. The molecule has 0 unspecified atom stereocenters. The average molecular weight is 290 g/mol. The number of nitrogens with zero attached hydrogens (tertiary/aromatic N) is 4. The van der Waals surface area contributed by atoms with Crippen LogP contribution in [0.3, 0.4) is 0 Å². The van der Waals surface area contributed by atoms with Crippen LogP contribution in [0.1, 0.15) is 19.3 Å². The van der Waals surface area contributed by atoms with Gasteiger partial charge in [-0.3, -0.25) is 0 Å². The molecule has 0 atom stereocenters. The van der Waals surface area contributed by atoms with E-state index in [4.69, 9.17) is 4.98 Å². The maximum absolute atomic E-state index is 4.83. The summed E-state index contributed by atoms with van der Waals surface area (Å²) in [5.74, 6) is 1.10. The summed E-state index contributed by atoms with van der Waals surface area (Å²) in [7, 11) is 0. The van der Waals surface area contributed by atoms with E-state index >= 15 is 0 Å². The molecule has 0 radical (unpaired) electrons. The van der Waals surface area contributed by atoms with Crippen LogP contribution in [0, 0.1) is 0 Å². The summed E-state index contributed by atoms with van der Waals surface area (Å²) in [6, 6.07) is 10.6. The van der Waals surface area contributed by atoms with Gasteiger partial charge in [-0.2, -0.15) is 0 Å². The van der Waals surface area contributed by atoms with Crippen LogP contribution in [-0.4, -0.2) is 28.0 Å².